The minimum absolute atomic E-state index is 0.0477. The van der Waals surface area contributed by atoms with Crippen LogP contribution in [0.2, 0.25) is 0 Å². The highest BCUT2D eigenvalue weighted by Gasteiger charge is 2.49. The molecule has 3 aromatic rings. The molecule has 0 atom stereocenters. The van der Waals surface area contributed by atoms with Gasteiger partial charge in [-0.15, -0.1) is 0 Å². The van der Waals surface area contributed by atoms with Crippen molar-refractivity contribution in [3.63, 3.8) is 0 Å². The number of nitrogens with zero attached hydrogens (tertiary/aromatic N) is 3. The minimum atomic E-state index is -0.696. The first kappa shape index (κ1) is 20.5. The number of anilines is 1. The summed E-state index contributed by atoms with van der Waals surface area (Å²) in [6, 6.07) is 8.46. The molecule has 0 bridgehead atoms. The third-order valence-corrected chi connectivity index (χ3v) is 6.69. The Morgan fingerprint density at radius 3 is 2.50 bits per heavy atom. The molecule has 8 heteroatoms. The second-order valence-corrected chi connectivity index (χ2v) is 8.59. The fourth-order valence-electron chi connectivity index (χ4n) is 4.98. The van der Waals surface area contributed by atoms with E-state index in [1.807, 2.05) is 6.07 Å². The van der Waals surface area contributed by atoms with E-state index in [1.165, 1.54) is 17.0 Å². The van der Waals surface area contributed by atoms with Gasteiger partial charge in [0.1, 0.15) is 17.2 Å². The molecule has 1 saturated carbocycles. The van der Waals surface area contributed by atoms with Crippen molar-refractivity contribution in [2.75, 3.05) is 11.4 Å². The second-order valence-electron chi connectivity index (χ2n) is 8.59. The highest BCUT2D eigenvalue weighted by Crippen LogP contribution is 2.46. The van der Waals surface area contributed by atoms with Gasteiger partial charge in [0.2, 0.25) is 5.91 Å². The Labute approximate surface area is 183 Å². The zero-order valence-corrected chi connectivity index (χ0v) is 17.4. The Morgan fingerprint density at radius 2 is 1.75 bits per heavy atom. The van der Waals surface area contributed by atoms with E-state index in [1.54, 1.807) is 24.5 Å². The summed E-state index contributed by atoms with van der Waals surface area (Å²) in [5.74, 6) is -1.68. The van der Waals surface area contributed by atoms with Gasteiger partial charge in [0.25, 0.3) is 5.91 Å². The van der Waals surface area contributed by atoms with E-state index >= 15 is 0 Å². The van der Waals surface area contributed by atoms with Gasteiger partial charge in [-0.2, -0.15) is 0 Å². The van der Waals surface area contributed by atoms with Crippen LogP contribution < -0.4 is 10.2 Å². The average Bonchev–Trinajstić information content (AvgIpc) is 3.10. The maximum atomic E-state index is 13.6. The van der Waals surface area contributed by atoms with Crippen LogP contribution in [-0.4, -0.2) is 34.4 Å². The number of hydrogen-bond acceptors (Lipinski definition) is 4. The molecule has 2 aromatic carbocycles. The van der Waals surface area contributed by atoms with Crippen molar-refractivity contribution in [2.45, 2.75) is 38.1 Å². The Kier molecular flexibility index (Phi) is 5.07. The van der Waals surface area contributed by atoms with Gasteiger partial charge in [0, 0.05) is 36.7 Å². The first-order valence-electron chi connectivity index (χ1n) is 10.7. The van der Waals surface area contributed by atoms with E-state index in [9.17, 15) is 18.4 Å². The first-order chi connectivity index (χ1) is 15.4. The molecule has 0 unspecified atom stereocenters. The summed E-state index contributed by atoms with van der Waals surface area (Å²) >= 11 is 0. The molecule has 1 aromatic heterocycles. The SMILES string of the molecule is O=C(N[C@H]1CC[C@@]2(CCN(c3cc(F)cc(F)c3)C2=O)CC1)c1cccc2nccnc12. The van der Waals surface area contributed by atoms with Crippen molar-refractivity contribution in [2.24, 2.45) is 5.41 Å². The lowest BCUT2D eigenvalue weighted by Crippen LogP contribution is -2.44. The summed E-state index contributed by atoms with van der Waals surface area (Å²) in [5.41, 5.74) is 1.43. The summed E-state index contributed by atoms with van der Waals surface area (Å²) in [4.78, 5) is 36.1. The van der Waals surface area contributed by atoms with Crippen LogP contribution in [0.1, 0.15) is 42.5 Å². The normalized spacial score (nSPS) is 23.1. The molecular formula is C24H22F2N4O2. The molecule has 2 aliphatic rings. The van der Waals surface area contributed by atoms with E-state index in [2.05, 4.69) is 15.3 Å². The summed E-state index contributed by atoms with van der Waals surface area (Å²) < 4.78 is 27.3. The van der Waals surface area contributed by atoms with Crippen LogP contribution >= 0.6 is 0 Å². The summed E-state index contributed by atoms with van der Waals surface area (Å²) in [7, 11) is 0. The van der Waals surface area contributed by atoms with Crippen LogP contribution in [0.3, 0.4) is 0 Å². The molecule has 164 valence electrons. The zero-order chi connectivity index (χ0) is 22.3. The number of amides is 2. The molecule has 1 aliphatic heterocycles. The van der Waals surface area contributed by atoms with Crippen LogP contribution in [0.25, 0.3) is 11.0 Å². The van der Waals surface area contributed by atoms with Crippen LogP contribution in [-0.2, 0) is 4.79 Å². The summed E-state index contributed by atoms with van der Waals surface area (Å²) in [6.07, 6.45) is 6.37. The van der Waals surface area contributed by atoms with E-state index in [0.717, 1.165) is 6.07 Å². The van der Waals surface area contributed by atoms with Crippen molar-refractivity contribution in [3.05, 3.63) is 66.0 Å². The van der Waals surface area contributed by atoms with Crippen molar-refractivity contribution in [3.8, 4) is 0 Å². The smallest absolute Gasteiger partial charge is 0.253 e. The maximum Gasteiger partial charge on any atom is 0.253 e. The van der Waals surface area contributed by atoms with E-state index in [-0.39, 0.29) is 23.5 Å². The Morgan fingerprint density at radius 1 is 1.03 bits per heavy atom. The average molecular weight is 436 g/mol. The number of nitrogens with one attached hydrogen (secondary N) is 1. The molecule has 2 fully saturated rings. The predicted octanol–water partition coefficient (Wildman–Crippen LogP) is 4.00. The van der Waals surface area contributed by atoms with Gasteiger partial charge in [-0.25, -0.2) is 8.78 Å². The number of rotatable bonds is 3. The molecule has 1 saturated heterocycles. The van der Waals surface area contributed by atoms with Crippen molar-refractivity contribution in [1.82, 2.24) is 15.3 Å². The molecule has 32 heavy (non-hydrogen) atoms. The molecule has 1 N–H and O–H groups in total. The number of benzene rings is 2. The van der Waals surface area contributed by atoms with E-state index in [0.29, 0.717) is 55.2 Å². The van der Waals surface area contributed by atoms with Crippen LogP contribution in [0.4, 0.5) is 14.5 Å². The Hall–Kier alpha value is -3.42. The highest BCUT2D eigenvalue weighted by atomic mass is 19.1. The zero-order valence-electron chi connectivity index (χ0n) is 17.4. The largest absolute Gasteiger partial charge is 0.349 e. The number of halogens is 2. The van der Waals surface area contributed by atoms with Crippen molar-refractivity contribution in [1.29, 1.82) is 0 Å². The quantitative estimate of drug-likeness (QED) is 0.673. The lowest BCUT2D eigenvalue weighted by molar-refractivity contribution is -0.127. The van der Waals surface area contributed by atoms with Crippen LogP contribution in [0, 0.1) is 17.0 Å². The number of carbonyl (C=O) groups excluding carboxylic acids is 2. The van der Waals surface area contributed by atoms with Gasteiger partial charge in [-0.1, -0.05) is 6.07 Å². The fraction of sp³-hybridized carbons (Fsp3) is 0.333. The second kappa shape index (κ2) is 7.93. The maximum absolute atomic E-state index is 13.6. The highest BCUT2D eigenvalue weighted by molar-refractivity contribution is 6.04. The Balaban J connectivity index is 1.26. The number of aromatic nitrogens is 2. The summed E-state index contributed by atoms with van der Waals surface area (Å²) in [5, 5.41) is 3.08. The molecule has 2 amide bonds. The van der Waals surface area contributed by atoms with E-state index in [4.69, 9.17) is 0 Å². The summed E-state index contributed by atoms with van der Waals surface area (Å²) in [6.45, 7) is 0.438. The van der Waals surface area contributed by atoms with Gasteiger partial charge in [0.05, 0.1) is 16.5 Å². The molecule has 1 spiro atoms. The fourth-order valence-corrected chi connectivity index (χ4v) is 4.98. The van der Waals surface area contributed by atoms with Gasteiger partial charge < -0.3 is 10.2 Å². The van der Waals surface area contributed by atoms with Gasteiger partial charge in [-0.05, 0) is 56.4 Å². The predicted molar refractivity (Wildman–Crippen MR) is 115 cm³/mol. The monoisotopic (exact) mass is 436 g/mol. The first-order valence-corrected chi connectivity index (χ1v) is 10.7. The standard InChI is InChI=1S/C24H22F2N4O2/c25-15-12-16(26)14-18(13-15)30-11-8-24(23(30)32)6-4-17(5-7-24)29-22(31)19-2-1-3-20-21(19)28-10-9-27-20/h1-3,9-10,12-14,17H,4-8,11H2,(H,29,31)/t17-,24-. The number of para-hydroxylation sites is 1. The van der Waals surface area contributed by atoms with Gasteiger partial charge in [-0.3, -0.25) is 19.6 Å². The molecular weight excluding hydrogens is 414 g/mol. The van der Waals surface area contributed by atoms with Crippen molar-refractivity contribution >= 4 is 28.5 Å². The number of hydrogen-bond donors (Lipinski definition) is 1. The van der Waals surface area contributed by atoms with Gasteiger partial charge >= 0.3 is 0 Å². The van der Waals surface area contributed by atoms with Crippen LogP contribution in [0.5, 0.6) is 0 Å². The van der Waals surface area contributed by atoms with Crippen molar-refractivity contribution < 1.29 is 18.4 Å². The van der Waals surface area contributed by atoms with E-state index < -0.39 is 17.0 Å². The molecule has 5 rings (SSSR count). The van der Waals surface area contributed by atoms with Crippen LogP contribution in [0.15, 0.2) is 48.8 Å². The lowest BCUT2D eigenvalue weighted by atomic mass is 9.71. The minimum Gasteiger partial charge on any atom is -0.349 e. The molecule has 0 radical (unpaired) electrons. The lowest BCUT2D eigenvalue weighted by Gasteiger charge is -2.36. The third kappa shape index (κ3) is 3.59. The molecule has 6 nitrogen and oxygen atoms in total. The molecule has 2 heterocycles. The number of fused-ring (bicyclic) bond motifs is 1. The number of carbonyl (C=O) groups is 2. The Bertz CT molecular complexity index is 1180. The molecule has 1 aliphatic carbocycles. The van der Waals surface area contributed by atoms with Gasteiger partial charge in [0.15, 0.2) is 0 Å². The third-order valence-electron chi connectivity index (χ3n) is 6.69. The topological polar surface area (TPSA) is 75.2 Å².